The minimum Gasteiger partial charge on any atom is -0.358 e. The van der Waals surface area contributed by atoms with Crippen LogP contribution in [-0.2, 0) is 6.54 Å². The van der Waals surface area contributed by atoms with Crippen LogP contribution in [0.3, 0.4) is 0 Å². The van der Waals surface area contributed by atoms with Crippen LogP contribution in [0, 0.1) is 6.92 Å². The maximum Gasteiger partial charge on any atom is 0.171 e. The molecule has 2 rings (SSSR count). The predicted octanol–water partition coefficient (Wildman–Crippen LogP) is 4.24. The topological polar surface area (TPSA) is 24.1 Å². The Bertz CT molecular complexity index is 570. The van der Waals surface area contributed by atoms with Crippen LogP contribution in [0.4, 0.5) is 5.69 Å². The highest BCUT2D eigenvalue weighted by Gasteiger charge is 2.00. The molecule has 0 saturated heterocycles. The van der Waals surface area contributed by atoms with Crippen molar-refractivity contribution in [3.8, 4) is 0 Å². The van der Waals surface area contributed by atoms with Gasteiger partial charge >= 0.3 is 0 Å². The van der Waals surface area contributed by atoms with Gasteiger partial charge in [-0.25, -0.2) is 0 Å². The van der Waals surface area contributed by atoms with Crippen molar-refractivity contribution in [1.82, 2.24) is 5.32 Å². The molecule has 0 heterocycles. The zero-order valence-electron chi connectivity index (χ0n) is 10.6. The summed E-state index contributed by atoms with van der Waals surface area (Å²) in [6, 6.07) is 16.2. The van der Waals surface area contributed by atoms with E-state index in [1.165, 1.54) is 11.1 Å². The second kappa shape index (κ2) is 6.68. The van der Waals surface area contributed by atoms with E-state index in [1.54, 1.807) is 0 Å². The van der Waals surface area contributed by atoms with Gasteiger partial charge in [-0.3, -0.25) is 0 Å². The molecule has 0 amide bonds. The lowest BCUT2D eigenvalue weighted by molar-refractivity contribution is 0.926. The molecule has 0 unspecified atom stereocenters. The van der Waals surface area contributed by atoms with Crippen molar-refractivity contribution in [3.05, 3.63) is 64.1 Å². The molecule has 0 atom stereocenters. The van der Waals surface area contributed by atoms with E-state index in [4.69, 9.17) is 12.2 Å². The van der Waals surface area contributed by atoms with Crippen LogP contribution in [0.15, 0.2) is 53.0 Å². The normalized spacial score (nSPS) is 10.0. The van der Waals surface area contributed by atoms with E-state index in [9.17, 15) is 0 Å². The van der Waals surface area contributed by atoms with E-state index in [-0.39, 0.29) is 0 Å². The Kier molecular flexibility index (Phi) is 4.93. The van der Waals surface area contributed by atoms with Crippen LogP contribution >= 0.6 is 28.1 Å². The molecule has 0 bridgehead atoms. The van der Waals surface area contributed by atoms with Crippen molar-refractivity contribution in [2.45, 2.75) is 13.5 Å². The highest BCUT2D eigenvalue weighted by Crippen LogP contribution is 2.19. The standard InChI is InChI=1S/C15H15BrN2S/c1-11-9-13(7-8-14(11)16)18-15(19)17-10-12-5-3-2-4-6-12/h2-9H,10H2,1H3,(H2,17,18,19). The van der Waals surface area contributed by atoms with Crippen molar-refractivity contribution in [2.24, 2.45) is 0 Å². The van der Waals surface area contributed by atoms with Crippen molar-refractivity contribution in [2.75, 3.05) is 5.32 Å². The molecule has 2 nitrogen and oxygen atoms in total. The first-order valence-corrected chi connectivity index (χ1v) is 7.20. The molecule has 0 aromatic heterocycles. The molecule has 4 heteroatoms. The van der Waals surface area contributed by atoms with Gasteiger partial charge < -0.3 is 10.6 Å². The molecule has 0 radical (unpaired) electrons. The third-order valence-electron chi connectivity index (χ3n) is 2.71. The van der Waals surface area contributed by atoms with Crippen LogP contribution in [0.5, 0.6) is 0 Å². The molecular formula is C15H15BrN2S. The molecular weight excluding hydrogens is 320 g/mol. The summed E-state index contributed by atoms with van der Waals surface area (Å²) in [7, 11) is 0. The van der Waals surface area contributed by atoms with Crippen LogP contribution in [0.1, 0.15) is 11.1 Å². The number of anilines is 1. The number of aryl methyl sites for hydroxylation is 1. The van der Waals surface area contributed by atoms with Crippen molar-refractivity contribution in [3.63, 3.8) is 0 Å². The van der Waals surface area contributed by atoms with Gasteiger partial charge in [-0.1, -0.05) is 46.3 Å². The van der Waals surface area contributed by atoms with E-state index in [2.05, 4.69) is 51.7 Å². The first-order valence-electron chi connectivity index (χ1n) is 6.00. The number of halogens is 1. The zero-order valence-corrected chi connectivity index (χ0v) is 13.0. The van der Waals surface area contributed by atoms with Crippen molar-refractivity contribution < 1.29 is 0 Å². The minimum atomic E-state index is 0.630. The first-order chi connectivity index (χ1) is 9.15. The number of benzene rings is 2. The average Bonchev–Trinajstić information content (AvgIpc) is 2.42. The number of thiocarbonyl (C=S) groups is 1. The number of rotatable bonds is 3. The van der Waals surface area contributed by atoms with Crippen LogP contribution in [0.25, 0.3) is 0 Å². The van der Waals surface area contributed by atoms with Gasteiger partial charge in [0, 0.05) is 16.7 Å². The summed E-state index contributed by atoms with van der Waals surface area (Å²) in [5, 5.41) is 7.00. The second-order valence-electron chi connectivity index (χ2n) is 4.26. The minimum absolute atomic E-state index is 0.630. The molecule has 2 aromatic rings. The second-order valence-corrected chi connectivity index (χ2v) is 5.52. The molecule has 0 fully saturated rings. The largest absolute Gasteiger partial charge is 0.358 e. The van der Waals surface area contributed by atoms with E-state index in [1.807, 2.05) is 30.3 Å². The van der Waals surface area contributed by atoms with Crippen molar-refractivity contribution >= 4 is 38.9 Å². The lowest BCUT2D eigenvalue weighted by atomic mass is 10.2. The van der Waals surface area contributed by atoms with Gasteiger partial charge in [0.2, 0.25) is 0 Å². The highest BCUT2D eigenvalue weighted by molar-refractivity contribution is 9.10. The summed E-state index contributed by atoms with van der Waals surface area (Å²) >= 11 is 8.76. The Morgan fingerprint density at radius 2 is 1.89 bits per heavy atom. The maximum atomic E-state index is 5.28. The van der Waals surface area contributed by atoms with Gasteiger partial charge in [0.1, 0.15) is 0 Å². The van der Waals surface area contributed by atoms with Crippen LogP contribution in [-0.4, -0.2) is 5.11 Å². The van der Waals surface area contributed by atoms with Gasteiger partial charge in [0.15, 0.2) is 5.11 Å². The predicted molar refractivity (Wildman–Crippen MR) is 88.4 cm³/mol. The average molecular weight is 335 g/mol. The Balaban J connectivity index is 1.89. The number of hydrogen-bond donors (Lipinski definition) is 2. The number of nitrogens with one attached hydrogen (secondary N) is 2. The van der Waals surface area contributed by atoms with E-state index in [0.29, 0.717) is 5.11 Å². The summed E-state index contributed by atoms with van der Waals surface area (Å²) in [4.78, 5) is 0. The molecule has 0 aliphatic rings. The zero-order chi connectivity index (χ0) is 13.7. The van der Waals surface area contributed by atoms with Gasteiger partial charge in [0.05, 0.1) is 0 Å². The molecule has 0 saturated carbocycles. The van der Waals surface area contributed by atoms with Crippen LogP contribution in [0.2, 0.25) is 0 Å². The fourth-order valence-electron chi connectivity index (χ4n) is 1.68. The highest BCUT2D eigenvalue weighted by atomic mass is 79.9. The molecule has 0 aliphatic carbocycles. The molecule has 2 aromatic carbocycles. The Morgan fingerprint density at radius 1 is 1.16 bits per heavy atom. The van der Waals surface area contributed by atoms with E-state index < -0.39 is 0 Å². The van der Waals surface area contributed by atoms with Gasteiger partial charge in [-0.05, 0) is 48.5 Å². The summed E-state index contributed by atoms with van der Waals surface area (Å²) in [5.74, 6) is 0. The summed E-state index contributed by atoms with van der Waals surface area (Å²) in [6.07, 6.45) is 0. The quantitative estimate of drug-likeness (QED) is 0.821. The van der Waals surface area contributed by atoms with Gasteiger partial charge in [0.25, 0.3) is 0 Å². The monoisotopic (exact) mass is 334 g/mol. The smallest absolute Gasteiger partial charge is 0.171 e. The summed E-state index contributed by atoms with van der Waals surface area (Å²) < 4.78 is 1.10. The SMILES string of the molecule is Cc1cc(NC(=S)NCc2ccccc2)ccc1Br. The first kappa shape index (κ1) is 14.0. The molecule has 2 N–H and O–H groups in total. The Labute approximate surface area is 127 Å². The molecule has 19 heavy (non-hydrogen) atoms. The Morgan fingerprint density at radius 3 is 2.58 bits per heavy atom. The van der Waals surface area contributed by atoms with Gasteiger partial charge in [-0.15, -0.1) is 0 Å². The Hall–Kier alpha value is -1.39. The summed E-state index contributed by atoms with van der Waals surface area (Å²) in [6.45, 7) is 2.78. The van der Waals surface area contributed by atoms with E-state index >= 15 is 0 Å². The lowest BCUT2D eigenvalue weighted by Gasteiger charge is -2.11. The number of hydrogen-bond acceptors (Lipinski definition) is 1. The molecule has 0 aliphatic heterocycles. The third-order valence-corrected chi connectivity index (χ3v) is 3.85. The third kappa shape index (κ3) is 4.33. The van der Waals surface area contributed by atoms with Crippen molar-refractivity contribution in [1.29, 1.82) is 0 Å². The maximum absolute atomic E-state index is 5.28. The molecule has 0 spiro atoms. The van der Waals surface area contributed by atoms with Crippen LogP contribution < -0.4 is 10.6 Å². The fourth-order valence-corrected chi connectivity index (χ4v) is 2.11. The molecule has 98 valence electrons. The van der Waals surface area contributed by atoms with Gasteiger partial charge in [-0.2, -0.15) is 0 Å². The fraction of sp³-hybridized carbons (Fsp3) is 0.133. The van der Waals surface area contributed by atoms with E-state index in [0.717, 1.165) is 16.7 Å². The lowest BCUT2D eigenvalue weighted by Crippen LogP contribution is -2.27. The summed E-state index contributed by atoms with van der Waals surface area (Å²) in [5.41, 5.74) is 3.38.